The number of hydrogen-bond donors (Lipinski definition) is 0. The molecule has 2 aromatic carbocycles. The lowest BCUT2D eigenvalue weighted by atomic mass is 10.0. The van der Waals surface area contributed by atoms with E-state index in [1.807, 2.05) is 24.3 Å². The third kappa shape index (κ3) is 6.14. The van der Waals surface area contributed by atoms with Gasteiger partial charge >= 0.3 is 6.18 Å². The summed E-state index contributed by atoms with van der Waals surface area (Å²) < 4.78 is 43.6. The minimum atomic E-state index is -4.29. The van der Waals surface area contributed by atoms with E-state index in [0.29, 0.717) is 13.0 Å². The van der Waals surface area contributed by atoms with Crippen molar-refractivity contribution in [2.45, 2.75) is 25.4 Å². The molecule has 0 atom stereocenters. The summed E-state index contributed by atoms with van der Waals surface area (Å²) in [4.78, 5) is 2.41. The molecule has 0 aliphatic carbocycles. The molecule has 2 aromatic rings. The molecule has 27 heavy (non-hydrogen) atoms. The fourth-order valence-corrected chi connectivity index (χ4v) is 3.12. The molecule has 3 rings (SSSR count). The Bertz CT molecular complexity index is 736. The van der Waals surface area contributed by atoms with E-state index >= 15 is 0 Å². The summed E-state index contributed by atoms with van der Waals surface area (Å²) >= 11 is 0. The maximum Gasteiger partial charge on any atom is 0.416 e. The van der Waals surface area contributed by atoms with Gasteiger partial charge in [0.05, 0.1) is 12.2 Å². The van der Waals surface area contributed by atoms with Crippen molar-refractivity contribution >= 4 is 0 Å². The molecule has 0 radical (unpaired) electrons. The van der Waals surface area contributed by atoms with Crippen LogP contribution >= 0.6 is 0 Å². The average Bonchev–Trinajstić information content (AvgIpc) is 2.67. The lowest BCUT2D eigenvalue weighted by Crippen LogP contribution is -2.29. The van der Waals surface area contributed by atoms with Crippen LogP contribution in [0.1, 0.15) is 29.5 Å². The highest BCUT2D eigenvalue weighted by atomic mass is 19.4. The molecule has 1 aliphatic rings. The normalized spacial score (nSPS) is 15.1. The van der Waals surface area contributed by atoms with E-state index in [4.69, 9.17) is 4.74 Å². The van der Waals surface area contributed by atoms with E-state index in [0.717, 1.165) is 61.5 Å². The van der Waals surface area contributed by atoms with Crippen molar-refractivity contribution in [1.29, 1.82) is 0 Å². The highest BCUT2D eigenvalue weighted by Gasteiger charge is 2.29. The van der Waals surface area contributed by atoms with E-state index in [9.17, 15) is 13.2 Å². The van der Waals surface area contributed by atoms with Gasteiger partial charge in [-0.3, -0.25) is 4.90 Å². The first kappa shape index (κ1) is 19.5. The summed E-state index contributed by atoms with van der Waals surface area (Å²) in [5.74, 6) is 0.824. The first-order valence-corrected chi connectivity index (χ1v) is 9.26. The zero-order chi connectivity index (χ0) is 19.1. The van der Waals surface area contributed by atoms with Crippen molar-refractivity contribution < 1.29 is 17.9 Å². The Hall–Kier alpha value is -2.27. The summed E-state index contributed by atoms with van der Waals surface area (Å²) in [5.41, 5.74) is 1.28. The second kappa shape index (κ2) is 9.09. The summed E-state index contributed by atoms with van der Waals surface area (Å²) in [6.45, 7) is 3.86. The minimum absolute atomic E-state index is 0.598. The first-order chi connectivity index (χ1) is 13.0. The van der Waals surface area contributed by atoms with Gasteiger partial charge in [0.2, 0.25) is 0 Å². The zero-order valence-electron chi connectivity index (χ0n) is 15.2. The van der Waals surface area contributed by atoms with Crippen molar-refractivity contribution in [1.82, 2.24) is 4.90 Å². The van der Waals surface area contributed by atoms with E-state index in [1.165, 1.54) is 12.1 Å². The molecular formula is C22H24F3NO. The number of alkyl halides is 3. The van der Waals surface area contributed by atoms with Crippen LogP contribution in [0.15, 0.2) is 60.7 Å². The fraction of sp³-hybridized carbons (Fsp3) is 0.364. The average molecular weight is 375 g/mol. The highest BCUT2D eigenvalue weighted by molar-refractivity contribution is 5.33. The summed E-state index contributed by atoms with van der Waals surface area (Å²) in [6, 6.07) is 13.1. The Labute approximate surface area is 158 Å². The van der Waals surface area contributed by atoms with Crippen LogP contribution in [0, 0.1) is 0 Å². The lowest BCUT2D eigenvalue weighted by molar-refractivity contribution is -0.137. The standard InChI is InChI=1S/C22H24F3NO/c23-22(24,25)20-9-5-18(6-10-20)17-19-7-11-21(12-8-19)27-16-4-15-26-13-2-1-3-14-26/h1-2,5-12H,3-4,13-17H2. The van der Waals surface area contributed by atoms with Gasteiger partial charge in [-0.05, 0) is 54.7 Å². The summed E-state index contributed by atoms with van der Waals surface area (Å²) in [7, 11) is 0. The molecule has 0 N–H and O–H groups in total. The zero-order valence-corrected chi connectivity index (χ0v) is 15.2. The van der Waals surface area contributed by atoms with Crippen LogP contribution in [-0.4, -0.2) is 31.1 Å². The van der Waals surface area contributed by atoms with Crippen molar-refractivity contribution in [3.05, 3.63) is 77.4 Å². The van der Waals surface area contributed by atoms with Crippen LogP contribution in [-0.2, 0) is 12.6 Å². The molecule has 144 valence electrons. The van der Waals surface area contributed by atoms with Crippen LogP contribution < -0.4 is 4.74 Å². The maximum atomic E-state index is 12.6. The predicted octanol–water partition coefficient (Wildman–Crippen LogP) is 5.33. The monoisotopic (exact) mass is 375 g/mol. The van der Waals surface area contributed by atoms with Crippen LogP contribution in [0.25, 0.3) is 0 Å². The number of halogens is 3. The molecule has 0 amide bonds. The van der Waals surface area contributed by atoms with Gasteiger partial charge in [0.25, 0.3) is 0 Å². The number of ether oxygens (including phenoxy) is 1. The number of rotatable bonds is 7. The molecule has 0 unspecified atom stereocenters. The molecule has 0 spiro atoms. The van der Waals surface area contributed by atoms with Crippen LogP contribution in [0.2, 0.25) is 0 Å². The lowest BCUT2D eigenvalue weighted by Gasteiger charge is -2.22. The molecule has 0 saturated heterocycles. The van der Waals surface area contributed by atoms with Gasteiger partial charge in [-0.1, -0.05) is 36.4 Å². The molecule has 0 saturated carbocycles. The van der Waals surface area contributed by atoms with Crippen LogP contribution in [0.5, 0.6) is 5.75 Å². The largest absolute Gasteiger partial charge is 0.494 e. The Morgan fingerprint density at radius 2 is 1.56 bits per heavy atom. The van der Waals surface area contributed by atoms with Gasteiger partial charge in [-0.2, -0.15) is 13.2 Å². The van der Waals surface area contributed by atoms with Crippen molar-refractivity contribution in [3.63, 3.8) is 0 Å². The van der Waals surface area contributed by atoms with Gasteiger partial charge in [0, 0.05) is 19.6 Å². The van der Waals surface area contributed by atoms with E-state index in [-0.39, 0.29) is 0 Å². The highest BCUT2D eigenvalue weighted by Crippen LogP contribution is 2.29. The number of hydrogen-bond acceptors (Lipinski definition) is 2. The number of nitrogens with zero attached hydrogens (tertiary/aromatic N) is 1. The van der Waals surface area contributed by atoms with Crippen LogP contribution in [0.4, 0.5) is 13.2 Å². The topological polar surface area (TPSA) is 12.5 Å². The molecule has 2 nitrogen and oxygen atoms in total. The summed E-state index contributed by atoms with van der Waals surface area (Å²) in [5, 5.41) is 0. The molecule has 1 heterocycles. The van der Waals surface area contributed by atoms with E-state index < -0.39 is 11.7 Å². The molecule has 1 aliphatic heterocycles. The van der Waals surface area contributed by atoms with E-state index in [2.05, 4.69) is 17.1 Å². The van der Waals surface area contributed by atoms with Gasteiger partial charge in [0.15, 0.2) is 0 Å². The van der Waals surface area contributed by atoms with Gasteiger partial charge < -0.3 is 4.74 Å². The summed E-state index contributed by atoms with van der Waals surface area (Å²) in [6.07, 6.45) is 2.85. The Morgan fingerprint density at radius 1 is 0.889 bits per heavy atom. The van der Waals surface area contributed by atoms with Crippen molar-refractivity contribution in [2.75, 3.05) is 26.2 Å². The quantitative estimate of drug-likeness (QED) is 0.479. The maximum absolute atomic E-state index is 12.6. The van der Waals surface area contributed by atoms with Gasteiger partial charge in [0.1, 0.15) is 5.75 Å². The van der Waals surface area contributed by atoms with Crippen molar-refractivity contribution in [3.8, 4) is 5.75 Å². The molecule has 0 bridgehead atoms. The Morgan fingerprint density at radius 3 is 2.15 bits per heavy atom. The smallest absolute Gasteiger partial charge is 0.416 e. The first-order valence-electron chi connectivity index (χ1n) is 9.26. The SMILES string of the molecule is FC(F)(F)c1ccc(Cc2ccc(OCCCN3CC=CCC3)cc2)cc1. The molecule has 5 heteroatoms. The second-order valence-corrected chi connectivity index (χ2v) is 6.78. The fourth-order valence-electron chi connectivity index (χ4n) is 3.12. The van der Waals surface area contributed by atoms with E-state index in [1.54, 1.807) is 0 Å². The predicted molar refractivity (Wildman–Crippen MR) is 101 cm³/mol. The third-order valence-corrected chi connectivity index (χ3v) is 4.64. The molecule has 0 fully saturated rings. The van der Waals surface area contributed by atoms with Crippen LogP contribution in [0.3, 0.4) is 0 Å². The van der Waals surface area contributed by atoms with Gasteiger partial charge in [-0.15, -0.1) is 0 Å². The third-order valence-electron chi connectivity index (χ3n) is 4.64. The van der Waals surface area contributed by atoms with Crippen molar-refractivity contribution in [2.24, 2.45) is 0 Å². The molecule has 0 aromatic heterocycles. The Balaban J connectivity index is 1.43. The minimum Gasteiger partial charge on any atom is -0.494 e. The second-order valence-electron chi connectivity index (χ2n) is 6.78. The number of benzene rings is 2. The van der Waals surface area contributed by atoms with Gasteiger partial charge in [-0.25, -0.2) is 0 Å². The Kier molecular flexibility index (Phi) is 6.56. The molecular weight excluding hydrogens is 351 g/mol.